The van der Waals surface area contributed by atoms with Gasteiger partial charge in [0.25, 0.3) is 0 Å². The number of aromatic nitrogens is 2. The number of imidazole rings is 1. The summed E-state index contributed by atoms with van der Waals surface area (Å²) in [5, 5.41) is 3.99. The average molecular weight is 496 g/mol. The van der Waals surface area contributed by atoms with Crippen molar-refractivity contribution in [2.75, 3.05) is 12.3 Å². The van der Waals surface area contributed by atoms with Gasteiger partial charge in [-0.15, -0.1) is 0 Å². The Labute approximate surface area is 218 Å². The van der Waals surface area contributed by atoms with Crippen molar-refractivity contribution in [1.29, 1.82) is 0 Å². The van der Waals surface area contributed by atoms with Gasteiger partial charge in [-0.25, -0.2) is 4.98 Å². The molecule has 0 bridgehead atoms. The van der Waals surface area contributed by atoms with Gasteiger partial charge >= 0.3 is 0 Å². The normalized spacial score (nSPS) is 11.2. The zero-order valence-electron chi connectivity index (χ0n) is 21.2. The topological polar surface area (TPSA) is 46.9 Å². The summed E-state index contributed by atoms with van der Waals surface area (Å²) < 4.78 is 2.31. The molecule has 0 fully saturated rings. The Bertz CT molecular complexity index is 1310. The SMILES string of the molecule is CCn1c(SCCCNC(=O)C=Cc2ccccc2)nc(-c2ccc(C)cc2)c1-c1ccc(C)cc1. The summed E-state index contributed by atoms with van der Waals surface area (Å²) in [6.45, 7) is 7.85. The van der Waals surface area contributed by atoms with E-state index in [2.05, 4.69) is 79.2 Å². The standard InChI is InChI=1S/C31H33N3OS/c1-4-34-30(27-18-13-24(3)14-19-27)29(26-16-11-23(2)12-17-26)33-31(34)36-22-8-21-32-28(35)20-15-25-9-6-5-7-10-25/h5-7,9-20H,4,8,21-22H2,1-3H3,(H,32,35). The third-order valence-electron chi connectivity index (χ3n) is 5.98. The maximum atomic E-state index is 12.1. The largest absolute Gasteiger partial charge is 0.353 e. The molecule has 1 heterocycles. The molecule has 5 heteroatoms. The van der Waals surface area contributed by atoms with Crippen LogP contribution in [0.25, 0.3) is 28.6 Å². The minimum atomic E-state index is -0.0674. The van der Waals surface area contributed by atoms with Crippen LogP contribution < -0.4 is 5.32 Å². The number of thioether (sulfide) groups is 1. The first-order valence-corrected chi connectivity index (χ1v) is 13.4. The van der Waals surface area contributed by atoms with Gasteiger partial charge in [0.05, 0.1) is 11.4 Å². The van der Waals surface area contributed by atoms with Crippen LogP contribution in [0.1, 0.15) is 30.0 Å². The van der Waals surface area contributed by atoms with Gasteiger partial charge in [-0.1, -0.05) is 102 Å². The van der Waals surface area contributed by atoms with Gasteiger partial charge in [0.2, 0.25) is 5.91 Å². The van der Waals surface area contributed by atoms with Gasteiger partial charge in [0, 0.05) is 36.0 Å². The number of hydrogen-bond acceptors (Lipinski definition) is 3. The molecule has 0 saturated heterocycles. The Morgan fingerprint density at radius 1 is 0.917 bits per heavy atom. The summed E-state index contributed by atoms with van der Waals surface area (Å²) in [5.41, 5.74) is 7.97. The van der Waals surface area contributed by atoms with Crippen molar-refractivity contribution in [1.82, 2.24) is 14.9 Å². The first-order chi connectivity index (χ1) is 17.5. The number of nitrogens with zero attached hydrogens (tertiary/aromatic N) is 2. The highest BCUT2D eigenvalue weighted by Crippen LogP contribution is 2.36. The van der Waals surface area contributed by atoms with Gasteiger partial charge in [0.15, 0.2) is 5.16 Å². The molecular weight excluding hydrogens is 462 g/mol. The molecule has 0 aliphatic rings. The summed E-state index contributed by atoms with van der Waals surface area (Å²) in [6, 6.07) is 27.1. The van der Waals surface area contributed by atoms with Crippen LogP contribution in [0.15, 0.2) is 90.1 Å². The Balaban J connectivity index is 1.44. The van der Waals surface area contributed by atoms with Crippen LogP contribution in [0, 0.1) is 13.8 Å². The predicted molar refractivity (Wildman–Crippen MR) is 152 cm³/mol. The van der Waals surface area contributed by atoms with E-state index in [4.69, 9.17) is 4.98 Å². The smallest absolute Gasteiger partial charge is 0.243 e. The molecule has 0 aliphatic heterocycles. The van der Waals surface area contributed by atoms with E-state index in [-0.39, 0.29) is 5.91 Å². The molecule has 0 radical (unpaired) electrons. The fourth-order valence-corrected chi connectivity index (χ4v) is 5.00. The number of carbonyl (C=O) groups is 1. The second kappa shape index (κ2) is 12.4. The van der Waals surface area contributed by atoms with E-state index < -0.39 is 0 Å². The Hall–Kier alpha value is -3.57. The lowest BCUT2D eigenvalue weighted by Crippen LogP contribution is -2.22. The van der Waals surface area contributed by atoms with Crippen molar-refractivity contribution in [2.24, 2.45) is 0 Å². The first-order valence-electron chi connectivity index (χ1n) is 12.4. The molecule has 184 valence electrons. The minimum Gasteiger partial charge on any atom is -0.353 e. The lowest BCUT2D eigenvalue weighted by Gasteiger charge is -2.11. The van der Waals surface area contributed by atoms with Crippen molar-refractivity contribution < 1.29 is 4.79 Å². The lowest BCUT2D eigenvalue weighted by molar-refractivity contribution is -0.116. The van der Waals surface area contributed by atoms with Gasteiger partial charge in [-0.2, -0.15) is 0 Å². The number of rotatable bonds is 10. The monoisotopic (exact) mass is 495 g/mol. The molecule has 3 aromatic carbocycles. The Morgan fingerprint density at radius 3 is 2.19 bits per heavy atom. The van der Waals surface area contributed by atoms with E-state index in [9.17, 15) is 4.79 Å². The van der Waals surface area contributed by atoms with Crippen LogP contribution >= 0.6 is 11.8 Å². The van der Waals surface area contributed by atoms with E-state index >= 15 is 0 Å². The zero-order chi connectivity index (χ0) is 25.3. The molecular formula is C31H33N3OS. The summed E-state index contributed by atoms with van der Waals surface area (Å²) in [5.74, 6) is 0.808. The van der Waals surface area contributed by atoms with Crippen LogP contribution in [0.2, 0.25) is 0 Å². The maximum absolute atomic E-state index is 12.1. The van der Waals surface area contributed by atoms with Crippen LogP contribution in [-0.2, 0) is 11.3 Å². The molecule has 4 nitrogen and oxygen atoms in total. The summed E-state index contributed by atoms with van der Waals surface area (Å²) in [4.78, 5) is 17.2. The van der Waals surface area contributed by atoms with Crippen LogP contribution in [-0.4, -0.2) is 27.8 Å². The first kappa shape index (κ1) is 25.5. The summed E-state index contributed by atoms with van der Waals surface area (Å²) in [6.07, 6.45) is 4.29. The summed E-state index contributed by atoms with van der Waals surface area (Å²) in [7, 11) is 0. The van der Waals surface area contributed by atoms with Gasteiger partial charge < -0.3 is 9.88 Å². The number of hydrogen-bond donors (Lipinski definition) is 1. The molecule has 0 aliphatic carbocycles. The summed E-state index contributed by atoms with van der Waals surface area (Å²) >= 11 is 1.75. The Kier molecular flexibility index (Phi) is 8.80. The molecule has 36 heavy (non-hydrogen) atoms. The molecule has 1 amide bonds. The molecule has 4 aromatic rings. The van der Waals surface area contributed by atoms with E-state index in [1.165, 1.54) is 16.7 Å². The second-order valence-corrected chi connectivity index (χ2v) is 9.87. The minimum absolute atomic E-state index is 0.0674. The predicted octanol–water partition coefficient (Wildman–Crippen LogP) is 7.17. The third-order valence-corrected chi connectivity index (χ3v) is 7.04. The van der Waals surface area contributed by atoms with Crippen LogP contribution in [0.5, 0.6) is 0 Å². The number of aryl methyl sites for hydroxylation is 2. The highest BCUT2D eigenvalue weighted by molar-refractivity contribution is 7.99. The van der Waals surface area contributed by atoms with Crippen molar-refractivity contribution in [2.45, 2.75) is 38.9 Å². The molecule has 0 atom stereocenters. The highest BCUT2D eigenvalue weighted by Gasteiger charge is 2.19. The zero-order valence-corrected chi connectivity index (χ0v) is 22.0. The molecule has 1 aromatic heterocycles. The molecule has 0 unspecified atom stereocenters. The molecule has 0 saturated carbocycles. The third kappa shape index (κ3) is 6.55. The van der Waals surface area contributed by atoms with E-state index in [0.29, 0.717) is 6.54 Å². The van der Waals surface area contributed by atoms with Crippen molar-refractivity contribution >= 4 is 23.7 Å². The number of nitrogens with one attached hydrogen (secondary N) is 1. The Morgan fingerprint density at radius 2 is 1.56 bits per heavy atom. The van der Waals surface area contributed by atoms with Crippen molar-refractivity contribution in [3.05, 3.63) is 102 Å². The van der Waals surface area contributed by atoms with Crippen LogP contribution in [0.4, 0.5) is 0 Å². The van der Waals surface area contributed by atoms with E-state index in [1.807, 2.05) is 36.4 Å². The van der Waals surface area contributed by atoms with Crippen molar-refractivity contribution in [3.63, 3.8) is 0 Å². The molecule has 0 spiro atoms. The van der Waals surface area contributed by atoms with Gasteiger partial charge in [-0.05, 0) is 38.8 Å². The van der Waals surface area contributed by atoms with E-state index in [1.54, 1.807) is 17.8 Å². The number of benzene rings is 3. The van der Waals surface area contributed by atoms with Gasteiger partial charge in [-0.3, -0.25) is 4.79 Å². The maximum Gasteiger partial charge on any atom is 0.243 e. The van der Waals surface area contributed by atoms with E-state index in [0.717, 1.165) is 46.4 Å². The fraction of sp³-hybridized carbons (Fsp3) is 0.226. The quantitative estimate of drug-likeness (QED) is 0.144. The van der Waals surface area contributed by atoms with Crippen molar-refractivity contribution in [3.8, 4) is 22.5 Å². The van der Waals surface area contributed by atoms with Crippen LogP contribution in [0.3, 0.4) is 0 Å². The second-order valence-electron chi connectivity index (χ2n) is 8.80. The lowest BCUT2D eigenvalue weighted by atomic mass is 10.0. The fourth-order valence-electron chi connectivity index (χ4n) is 3.99. The number of amides is 1. The average Bonchev–Trinajstić information content (AvgIpc) is 3.27. The molecule has 4 rings (SSSR count). The molecule has 1 N–H and O–H groups in total. The highest BCUT2D eigenvalue weighted by atomic mass is 32.2. The van der Waals surface area contributed by atoms with Gasteiger partial charge in [0.1, 0.15) is 0 Å². The number of carbonyl (C=O) groups excluding carboxylic acids is 1.